The van der Waals surface area contributed by atoms with E-state index in [9.17, 15) is 0 Å². The first-order valence-electron chi connectivity index (χ1n) is 3.89. The van der Waals surface area contributed by atoms with Gasteiger partial charge in [-0.05, 0) is 53.7 Å². The molecule has 7 heteroatoms. The third-order valence-electron chi connectivity index (χ3n) is 2.98. The molecular weight excluding hydrogens is 221 g/mol. The molecule has 0 aliphatic heterocycles. The molecule has 56 valence electrons. The fourth-order valence-corrected chi connectivity index (χ4v) is 162. The van der Waals surface area contributed by atoms with Crippen LogP contribution in [0.1, 0.15) is 0 Å². The lowest BCUT2D eigenvalue weighted by Crippen LogP contribution is -2.60. The molecule has 0 saturated carbocycles. The average molecular weight is 241 g/mol. The Balaban J connectivity index is 4.01. The summed E-state index contributed by atoms with van der Waals surface area (Å²) in [6.45, 7) is 5.47. The summed E-state index contributed by atoms with van der Waals surface area (Å²) >= 11 is 0. The van der Waals surface area contributed by atoms with Gasteiger partial charge in [0.1, 0.15) is 0 Å². The van der Waals surface area contributed by atoms with Crippen molar-refractivity contribution < 1.29 is 0 Å². The predicted octanol–water partition coefficient (Wildman–Crippen LogP) is -5.25. The Morgan fingerprint density at radius 1 is 0.889 bits per heavy atom. The molecule has 0 amide bonds. The highest BCUT2D eigenvalue weighted by Crippen LogP contribution is 2.02. The fraction of sp³-hybridized carbons (Fsp3) is 1.00. The fourth-order valence-electron chi connectivity index (χ4n) is 0.667. The molecule has 0 aromatic heterocycles. The van der Waals surface area contributed by atoms with Gasteiger partial charge in [0.15, 0.2) is 0 Å². The minimum Gasteiger partial charge on any atom is -0.0744 e. The van der Waals surface area contributed by atoms with Gasteiger partial charge < -0.3 is 0 Å². The second-order valence-corrected chi connectivity index (χ2v) is 78.7. The highest BCUT2D eigenvalue weighted by molar-refractivity contribution is 7.87. The molecule has 0 aromatic carbocycles. The average Bonchev–Trinajstić information content (AvgIpc) is 1.65. The maximum absolute atomic E-state index is 2.74. The number of rotatable bonds is 2. The van der Waals surface area contributed by atoms with Gasteiger partial charge in [0.25, 0.3) is 0 Å². The Hall–Kier alpha value is 1.52. The van der Waals surface area contributed by atoms with Gasteiger partial charge in [-0.1, -0.05) is 13.1 Å². The van der Waals surface area contributed by atoms with Crippen LogP contribution in [0.5, 0.6) is 0 Å². The van der Waals surface area contributed by atoms with Crippen LogP contribution in [0.4, 0.5) is 0 Å². The molecule has 0 rings (SSSR count). The maximum atomic E-state index is 2.74. The number of hydrogen-bond acceptors (Lipinski definition) is 0. The molecule has 0 spiro atoms. The Labute approximate surface area is 73.9 Å². The second kappa shape index (κ2) is 3.78. The van der Waals surface area contributed by atoms with Crippen LogP contribution < -0.4 is 0 Å². The minimum absolute atomic E-state index is 0.110. The first-order chi connectivity index (χ1) is 3.89. The molecule has 0 fully saturated rings. The van der Waals surface area contributed by atoms with Crippen molar-refractivity contribution in [1.29, 1.82) is 0 Å². The first kappa shape index (κ1) is 10.5. The largest absolute Gasteiger partial charge is 0.0744 e. The van der Waals surface area contributed by atoms with Crippen molar-refractivity contribution in [2.45, 2.75) is 13.1 Å². The monoisotopic (exact) mass is 240 g/mol. The Bertz CT molecular complexity index is 74.9. The van der Waals surface area contributed by atoms with E-state index >= 15 is 0 Å². The van der Waals surface area contributed by atoms with Gasteiger partial charge in [0.2, 0.25) is 0 Å². The Kier molecular flexibility index (Phi) is 4.42. The van der Waals surface area contributed by atoms with Gasteiger partial charge in [-0.3, -0.25) is 0 Å². The highest BCUT2D eigenvalue weighted by Gasteiger charge is 2.29. The molecule has 0 aliphatic rings. The van der Waals surface area contributed by atoms with Crippen LogP contribution in [-0.4, -0.2) is 60.8 Å². The minimum atomic E-state index is -0.333. The molecule has 0 unspecified atom stereocenters. The normalized spacial score (nSPS) is 20.7. The van der Waals surface area contributed by atoms with Gasteiger partial charge in [-0.15, -0.1) is 0 Å². The topological polar surface area (TPSA) is 0 Å². The van der Waals surface area contributed by atoms with Crippen molar-refractivity contribution in [3.63, 3.8) is 0 Å². The molecule has 0 atom stereocenters. The maximum Gasteiger partial charge on any atom is 0.0163 e. The summed E-state index contributed by atoms with van der Waals surface area (Å²) in [6.07, 6.45) is 0. The molecule has 0 aromatic rings. The van der Waals surface area contributed by atoms with Crippen LogP contribution in [0.3, 0.4) is 0 Å². The molecule has 0 saturated heterocycles. The molecule has 0 N–H and O–H groups in total. The van der Waals surface area contributed by atoms with Crippen LogP contribution in [0.15, 0.2) is 0 Å². The third kappa shape index (κ3) is 2.94. The van der Waals surface area contributed by atoms with E-state index in [0.29, 0.717) is 0 Å². The molecule has 0 heterocycles. The summed E-state index contributed by atoms with van der Waals surface area (Å²) in [5.74, 6) is 0. The lowest BCUT2D eigenvalue weighted by Gasteiger charge is -2.29. The van der Waals surface area contributed by atoms with E-state index in [1.807, 2.05) is 0 Å². The van der Waals surface area contributed by atoms with Crippen molar-refractivity contribution in [2.75, 3.05) is 0 Å². The predicted molar refractivity (Wildman–Crippen MR) is 71.5 cm³/mol. The van der Waals surface area contributed by atoms with Crippen molar-refractivity contribution in [1.82, 2.24) is 0 Å². The Morgan fingerprint density at radius 3 is 1.11 bits per heavy atom. The van der Waals surface area contributed by atoms with Crippen LogP contribution >= 0.6 is 0 Å². The summed E-state index contributed by atoms with van der Waals surface area (Å²) in [4.78, 5) is 0. The summed E-state index contributed by atoms with van der Waals surface area (Å²) in [6, 6.07) is 0. The smallest absolute Gasteiger partial charge is 0.0163 e. The van der Waals surface area contributed by atoms with Gasteiger partial charge in [0, 0.05) is 7.11 Å². The standard InChI is InChI=1S/C2H20Si7/c1-9(2,7(3)4)8(5)6/h7-8H,1-6H3. The van der Waals surface area contributed by atoms with Gasteiger partial charge in [-0.2, -0.15) is 0 Å². The van der Waals surface area contributed by atoms with E-state index in [2.05, 4.69) is 13.1 Å². The van der Waals surface area contributed by atoms with Crippen LogP contribution in [0, 0.1) is 0 Å². The van der Waals surface area contributed by atoms with Crippen molar-refractivity contribution in [3.05, 3.63) is 0 Å². The van der Waals surface area contributed by atoms with Crippen LogP contribution in [-0.2, 0) is 0 Å². The molecular formula is C2H20Si7. The van der Waals surface area contributed by atoms with Gasteiger partial charge in [-0.25, -0.2) is 0 Å². The van der Waals surface area contributed by atoms with E-state index in [0.717, 1.165) is 0 Å². The summed E-state index contributed by atoms with van der Waals surface area (Å²) < 4.78 is 0. The quantitative estimate of drug-likeness (QED) is 0.424. The second-order valence-electron chi connectivity index (χ2n) is 4.13. The van der Waals surface area contributed by atoms with Crippen molar-refractivity contribution in [3.8, 4) is 0 Å². The van der Waals surface area contributed by atoms with Crippen molar-refractivity contribution >= 4 is 60.8 Å². The van der Waals surface area contributed by atoms with E-state index < -0.39 is 0 Å². The molecule has 0 radical (unpaired) electrons. The summed E-state index contributed by atoms with van der Waals surface area (Å²) in [7, 11) is 6.55. The SMILES string of the molecule is C[Si](C)([SiH]([SiH3])[SiH3])[SiH]([SiH3])[SiH3]. The van der Waals surface area contributed by atoms with E-state index in [4.69, 9.17) is 0 Å². The van der Waals surface area contributed by atoms with E-state index in [1.54, 1.807) is 39.0 Å². The van der Waals surface area contributed by atoms with E-state index in [1.165, 1.54) is 0 Å². The van der Waals surface area contributed by atoms with E-state index in [-0.39, 0.29) is 21.8 Å². The van der Waals surface area contributed by atoms with Gasteiger partial charge in [0.05, 0.1) is 0 Å². The van der Waals surface area contributed by atoms with Gasteiger partial charge >= 0.3 is 0 Å². The molecule has 0 aliphatic carbocycles. The third-order valence-corrected chi connectivity index (χ3v) is 116. The molecule has 9 heavy (non-hydrogen) atoms. The Morgan fingerprint density at radius 2 is 1.11 bits per heavy atom. The summed E-state index contributed by atoms with van der Waals surface area (Å²) in [5.41, 5.74) is 0. The molecule has 0 nitrogen and oxygen atoms in total. The zero-order chi connectivity index (χ0) is 7.65. The highest BCUT2D eigenvalue weighted by atomic mass is 30.1. The van der Waals surface area contributed by atoms with Crippen LogP contribution in [0.2, 0.25) is 13.1 Å². The molecule has 0 bridgehead atoms. The van der Waals surface area contributed by atoms with Crippen molar-refractivity contribution in [2.24, 2.45) is 0 Å². The lowest BCUT2D eigenvalue weighted by molar-refractivity contribution is 2.04. The zero-order valence-corrected chi connectivity index (χ0v) is 19.0. The number of hydrogen-bond donors (Lipinski definition) is 0. The zero-order valence-electron chi connectivity index (χ0n) is 7.65. The van der Waals surface area contributed by atoms with Crippen LogP contribution in [0.25, 0.3) is 0 Å². The first-order valence-corrected chi connectivity index (χ1v) is 29.0. The summed E-state index contributed by atoms with van der Waals surface area (Å²) in [5, 5.41) is 0. The lowest BCUT2D eigenvalue weighted by atomic mass is 11.9.